The number of pyridine rings is 1. The normalized spacial score (nSPS) is 10.8. The molecule has 0 bridgehead atoms. The van der Waals surface area contributed by atoms with Crippen molar-refractivity contribution < 1.29 is 17.6 Å². The van der Waals surface area contributed by atoms with Crippen LogP contribution in [0, 0.1) is 23.5 Å². The second-order valence-electron chi connectivity index (χ2n) is 3.33. The maximum absolute atomic E-state index is 13.4. The first kappa shape index (κ1) is 14.4. The minimum atomic E-state index is -1.72. The number of halogens is 6. The summed E-state index contributed by atoms with van der Waals surface area (Å²) in [7, 11) is 0. The summed E-state index contributed by atoms with van der Waals surface area (Å²) in [6, 6.07) is 4.19. The average molecular weight is 328 g/mol. The van der Waals surface area contributed by atoms with E-state index < -0.39 is 28.4 Å². The average Bonchev–Trinajstić information content (AvgIpc) is 2.36. The van der Waals surface area contributed by atoms with Gasteiger partial charge >= 0.3 is 0 Å². The van der Waals surface area contributed by atoms with Crippen LogP contribution in [0.3, 0.4) is 0 Å². The molecule has 8 heteroatoms. The smallest absolute Gasteiger partial charge is 0.201 e. The lowest BCUT2D eigenvalue weighted by molar-refractivity contribution is 0.383. The zero-order valence-corrected chi connectivity index (χ0v) is 11.2. The van der Waals surface area contributed by atoms with E-state index >= 15 is 0 Å². The fourth-order valence-electron chi connectivity index (χ4n) is 1.22. The summed E-state index contributed by atoms with van der Waals surface area (Å²) in [5, 5.41) is 0.411. The van der Waals surface area contributed by atoms with E-state index in [2.05, 4.69) is 4.98 Å². The first-order chi connectivity index (χ1) is 8.90. The van der Waals surface area contributed by atoms with Crippen LogP contribution in [0.1, 0.15) is 0 Å². The van der Waals surface area contributed by atoms with Crippen molar-refractivity contribution in [1.82, 2.24) is 4.98 Å². The molecule has 19 heavy (non-hydrogen) atoms. The Labute approximate surface area is 119 Å². The third-order valence-corrected chi connectivity index (χ3v) is 3.86. The van der Waals surface area contributed by atoms with Crippen LogP contribution in [0.2, 0.25) is 10.0 Å². The van der Waals surface area contributed by atoms with Gasteiger partial charge in [-0.2, -0.15) is 13.8 Å². The molecule has 2 rings (SSSR count). The van der Waals surface area contributed by atoms with Crippen molar-refractivity contribution in [3.05, 3.63) is 51.8 Å². The van der Waals surface area contributed by atoms with Crippen LogP contribution >= 0.6 is 35.0 Å². The monoisotopic (exact) mass is 327 g/mol. The molecule has 0 aliphatic heterocycles. The van der Waals surface area contributed by atoms with Crippen LogP contribution in [0.25, 0.3) is 0 Å². The molecule has 0 saturated heterocycles. The van der Waals surface area contributed by atoms with E-state index in [4.69, 9.17) is 23.2 Å². The Morgan fingerprint density at radius 3 is 2.11 bits per heavy atom. The van der Waals surface area contributed by atoms with Crippen molar-refractivity contribution in [2.45, 2.75) is 9.79 Å². The van der Waals surface area contributed by atoms with E-state index in [0.717, 1.165) is 0 Å². The highest BCUT2D eigenvalue weighted by Gasteiger charge is 2.22. The van der Waals surface area contributed by atoms with E-state index in [1.807, 2.05) is 0 Å². The van der Waals surface area contributed by atoms with Gasteiger partial charge in [-0.05, 0) is 18.2 Å². The van der Waals surface area contributed by atoms with Gasteiger partial charge in [-0.3, -0.25) is 0 Å². The molecule has 0 amide bonds. The van der Waals surface area contributed by atoms with Crippen LogP contribution in [0.15, 0.2) is 28.0 Å². The van der Waals surface area contributed by atoms with Gasteiger partial charge < -0.3 is 0 Å². The van der Waals surface area contributed by atoms with Crippen LogP contribution in [-0.2, 0) is 0 Å². The SMILES string of the molecule is Fc1nc(F)c(F)c(Sc2cc(Cl)ccc2Cl)c1F. The lowest BCUT2D eigenvalue weighted by atomic mass is 10.4. The number of nitrogens with zero attached hydrogens (tertiary/aromatic N) is 1. The predicted octanol–water partition coefficient (Wildman–Crippen LogP) is 5.10. The Kier molecular flexibility index (Phi) is 4.23. The van der Waals surface area contributed by atoms with Crippen molar-refractivity contribution in [3.63, 3.8) is 0 Å². The first-order valence-corrected chi connectivity index (χ1v) is 6.30. The second kappa shape index (κ2) is 5.56. The molecule has 1 heterocycles. The molecule has 1 nitrogen and oxygen atoms in total. The van der Waals surface area contributed by atoms with Crippen LogP contribution < -0.4 is 0 Å². The Morgan fingerprint density at radius 1 is 0.947 bits per heavy atom. The molecule has 0 spiro atoms. The van der Waals surface area contributed by atoms with E-state index in [1.165, 1.54) is 18.2 Å². The maximum Gasteiger partial charge on any atom is 0.252 e. The number of hydrogen-bond acceptors (Lipinski definition) is 2. The molecule has 0 radical (unpaired) electrons. The highest BCUT2D eigenvalue weighted by Crippen LogP contribution is 2.38. The minimum Gasteiger partial charge on any atom is -0.201 e. The van der Waals surface area contributed by atoms with Gasteiger partial charge in [0.1, 0.15) is 0 Å². The topological polar surface area (TPSA) is 12.9 Å². The fourth-order valence-corrected chi connectivity index (χ4v) is 2.61. The third kappa shape index (κ3) is 2.96. The van der Waals surface area contributed by atoms with Gasteiger partial charge in [0, 0.05) is 9.92 Å². The Balaban J connectivity index is 2.52. The van der Waals surface area contributed by atoms with E-state index in [9.17, 15) is 17.6 Å². The predicted molar refractivity (Wildman–Crippen MR) is 64.7 cm³/mol. The van der Waals surface area contributed by atoms with Crippen molar-refractivity contribution >= 4 is 35.0 Å². The summed E-state index contributed by atoms with van der Waals surface area (Å²) >= 11 is 11.9. The minimum absolute atomic E-state index is 0.144. The number of rotatable bonds is 2. The van der Waals surface area contributed by atoms with Crippen LogP contribution in [-0.4, -0.2) is 4.98 Å². The molecule has 1 aromatic carbocycles. The maximum atomic E-state index is 13.4. The van der Waals surface area contributed by atoms with Gasteiger partial charge in [0.05, 0.1) is 9.92 Å². The number of aromatic nitrogens is 1. The zero-order valence-electron chi connectivity index (χ0n) is 8.86. The molecule has 2 aromatic rings. The molecule has 0 aliphatic rings. The summed E-state index contributed by atoms with van der Waals surface area (Å²) < 4.78 is 52.7. The Morgan fingerprint density at radius 2 is 1.53 bits per heavy atom. The Bertz CT molecular complexity index is 625. The molecular formula is C11H3Cl2F4NS. The van der Waals surface area contributed by atoms with Crippen molar-refractivity contribution in [2.24, 2.45) is 0 Å². The van der Waals surface area contributed by atoms with Gasteiger partial charge in [0.25, 0.3) is 11.9 Å². The quantitative estimate of drug-likeness (QED) is 0.562. The number of hydrogen-bond donors (Lipinski definition) is 0. The molecule has 0 fully saturated rings. The summed E-state index contributed by atoms with van der Waals surface area (Å²) in [6.07, 6.45) is 0. The molecular weight excluding hydrogens is 325 g/mol. The molecule has 0 unspecified atom stereocenters. The van der Waals surface area contributed by atoms with Gasteiger partial charge in [-0.25, -0.2) is 8.78 Å². The summed E-state index contributed by atoms with van der Waals surface area (Å²) in [5.74, 6) is -6.61. The summed E-state index contributed by atoms with van der Waals surface area (Å²) in [6.45, 7) is 0. The summed E-state index contributed by atoms with van der Waals surface area (Å²) in [5.41, 5.74) is 0. The highest BCUT2D eigenvalue weighted by molar-refractivity contribution is 7.99. The Hall–Kier alpha value is -0.980. The molecule has 1 aromatic heterocycles. The van der Waals surface area contributed by atoms with E-state index in [-0.39, 0.29) is 14.9 Å². The third-order valence-electron chi connectivity index (χ3n) is 2.06. The molecule has 0 saturated carbocycles. The van der Waals surface area contributed by atoms with Crippen molar-refractivity contribution in [2.75, 3.05) is 0 Å². The van der Waals surface area contributed by atoms with Crippen molar-refractivity contribution in [1.29, 1.82) is 0 Å². The van der Waals surface area contributed by atoms with Gasteiger partial charge in [0.15, 0.2) is 11.6 Å². The highest BCUT2D eigenvalue weighted by atomic mass is 35.5. The van der Waals surface area contributed by atoms with Gasteiger partial charge in [-0.1, -0.05) is 35.0 Å². The second-order valence-corrected chi connectivity index (χ2v) is 5.22. The zero-order chi connectivity index (χ0) is 14.2. The largest absolute Gasteiger partial charge is 0.252 e. The molecule has 0 aliphatic carbocycles. The first-order valence-electron chi connectivity index (χ1n) is 4.73. The van der Waals surface area contributed by atoms with Gasteiger partial charge in [-0.15, -0.1) is 0 Å². The fraction of sp³-hybridized carbons (Fsp3) is 0. The van der Waals surface area contributed by atoms with E-state index in [1.54, 1.807) is 0 Å². The van der Waals surface area contributed by atoms with Crippen molar-refractivity contribution in [3.8, 4) is 0 Å². The molecule has 0 atom stereocenters. The lowest BCUT2D eigenvalue weighted by Crippen LogP contribution is -2.01. The van der Waals surface area contributed by atoms with Crippen LogP contribution in [0.4, 0.5) is 17.6 Å². The molecule has 0 N–H and O–H groups in total. The van der Waals surface area contributed by atoms with E-state index in [0.29, 0.717) is 11.8 Å². The van der Waals surface area contributed by atoms with Crippen LogP contribution in [0.5, 0.6) is 0 Å². The standard InChI is InChI=1S/C11H3Cl2F4NS/c12-4-1-2-5(13)6(3-4)19-9-7(14)10(16)18-11(17)8(9)15/h1-3H. The molecule has 100 valence electrons. The number of benzene rings is 1. The summed E-state index contributed by atoms with van der Waals surface area (Å²) in [4.78, 5) is 1.76. The lowest BCUT2D eigenvalue weighted by Gasteiger charge is -2.07. The van der Waals surface area contributed by atoms with Gasteiger partial charge in [0.2, 0.25) is 0 Å².